The van der Waals surface area contributed by atoms with Gasteiger partial charge in [-0.15, -0.1) is 0 Å². The lowest BCUT2D eigenvalue weighted by Gasteiger charge is -2.16. The Balaban J connectivity index is 2.80. The first-order chi connectivity index (χ1) is 8.91. The molecular formula is C14H20FNO3. The Hall–Kier alpha value is -1.62. The number of ether oxygens (including phenoxy) is 1. The highest BCUT2D eigenvalue weighted by Crippen LogP contribution is 2.24. The molecule has 5 heteroatoms. The van der Waals surface area contributed by atoms with E-state index in [0.717, 1.165) is 6.54 Å². The van der Waals surface area contributed by atoms with E-state index in [-0.39, 0.29) is 5.75 Å². The van der Waals surface area contributed by atoms with E-state index < -0.39 is 17.9 Å². The third-order valence-corrected chi connectivity index (χ3v) is 2.56. The minimum Gasteiger partial charge on any atom is -0.479 e. The molecule has 0 spiro atoms. The zero-order chi connectivity index (χ0) is 14.4. The van der Waals surface area contributed by atoms with Crippen molar-refractivity contribution in [3.05, 3.63) is 29.6 Å². The van der Waals surface area contributed by atoms with Crippen LogP contribution < -0.4 is 10.1 Å². The molecule has 1 atom stereocenters. The number of hydrogen-bond acceptors (Lipinski definition) is 3. The molecule has 19 heavy (non-hydrogen) atoms. The smallest absolute Gasteiger partial charge is 0.344 e. The van der Waals surface area contributed by atoms with Crippen LogP contribution in [0.25, 0.3) is 0 Å². The Labute approximate surface area is 112 Å². The molecule has 1 unspecified atom stereocenters. The number of carboxylic acids is 1. The van der Waals surface area contributed by atoms with Crippen LogP contribution in [-0.4, -0.2) is 23.7 Å². The molecule has 0 amide bonds. The summed E-state index contributed by atoms with van der Waals surface area (Å²) in [6.45, 7) is 6.76. The minimum absolute atomic E-state index is 0.00801. The van der Waals surface area contributed by atoms with E-state index in [0.29, 0.717) is 18.0 Å². The van der Waals surface area contributed by atoms with Gasteiger partial charge in [0.2, 0.25) is 0 Å². The van der Waals surface area contributed by atoms with Gasteiger partial charge in [-0.2, -0.15) is 0 Å². The SMILES string of the molecule is CC(C)CNCc1cccc(F)c1OC(C)C(=O)O. The van der Waals surface area contributed by atoms with Crippen LogP contribution in [0.5, 0.6) is 5.75 Å². The molecule has 0 radical (unpaired) electrons. The molecule has 1 aromatic carbocycles. The fourth-order valence-electron chi connectivity index (χ4n) is 1.55. The van der Waals surface area contributed by atoms with E-state index in [1.807, 2.05) is 0 Å². The number of halogens is 1. The van der Waals surface area contributed by atoms with Crippen molar-refractivity contribution < 1.29 is 19.0 Å². The molecule has 0 aliphatic carbocycles. The zero-order valence-corrected chi connectivity index (χ0v) is 11.4. The van der Waals surface area contributed by atoms with Crippen LogP contribution >= 0.6 is 0 Å². The molecule has 0 aromatic heterocycles. The van der Waals surface area contributed by atoms with Gasteiger partial charge in [-0.1, -0.05) is 26.0 Å². The Morgan fingerprint density at radius 3 is 2.68 bits per heavy atom. The van der Waals surface area contributed by atoms with E-state index >= 15 is 0 Å². The molecule has 0 aliphatic heterocycles. The van der Waals surface area contributed by atoms with Crippen LogP contribution in [0, 0.1) is 11.7 Å². The second-order valence-electron chi connectivity index (χ2n) is 4.85. The van der Waals surface area contributed by atoms with Gasteiger partial charge in [0.1, 0.15) is 0 Å². The molecule has 1 aromatic rings. The Bertz CT molecular complexity index is 435. The lowest BCUT2D eigenvalue weighted by Crippen LogP contribution is -2.25. The fourth-order valence-corrected chi connectivity index (χ4v) is 1.55. The number of hydrogen-bond donors (Lipinski definition) is 2. The van der Waals surface area contributed by atoms with Crippen LogP contribution in [0.15, 0.2) is 18.2 Å². The standard InChI is InChI=1S/C14H20FNO3/c1-9(2)7-16-8-11-5-4-6-12(15)13(11)19-10(3)14(17)18/h4-6,9-10,16H,7-8H2,1-3H3,(H,17,18). The number of carbonyl (C=O) groups is 1. The van der Waals surface area contributed by atoms with Crippen molar-refractivity contribution in [2.24, 2.45) is 5.92 Å². The van der Waals surface area contributed by atoms with Crippen LogP contribution in [0.2, 0.25) is 0 Å². The largest absolute Gasteiger partial charge is 0.479 e. The van der Waals surface area contributed by atoms with Crippen molar-refractivity contribution in [3.63, 3.8) is 0 Å². The molecule has 0 heterocycles. The first kappa shape index (κ1) is 15.4. The number of aliphatic carboxylic acids is 1. The maximum atomic E-state index is 13.7. The van der Waals surface area contributed by atoms with Gasteiger partial charge in [0, 0.05) is 12.1 Å². The van der Waals surface area contributed by atoms with E-state index in [2.05, 4.69) is 19.2 Å². The molecule has 0 saturated carbocycles. The van der Waals surface area contributed by atoms with Gasteiger partial charge in [0.15, 0.2) is 17.7 Å². The molecule has 0 fully saturated rings. The van der Waals surface area contributed by atoms with Crippen LogP contribution in [0.3, 0.4) is 0 Å². The lowest BCUT2D eigenvalue weighted by molar-refractivity contribution is -0.144. The summed E-state index contributed by atoms with van der Waals surface area (Å²) in [5.41, 5.74) is 0.619. The average Bonchev–Trinajstić information content (AvgIpc) is 2.32. The van der Waals surface area contributed by atoms with Gasteiger partial charge in [-0.3, -0.25) is 0 Å². The highest BCUT2D eigenvalue weighted by Gasteiger charge is 2.17. The van der Waals surface area contributed by atoms with Crippen LogP contribution in [-0.2, 0) is 11.3 Å². The molecule has 0 saturated heterocycles. The normalized spacial score (nSPS) is 12.5. The van der Waals surface area contributed by atoms with E-state index in [1.54, 1.807) is 12.1 Å². The van der Waals surface area contributed by atoms with Crippen molar-refractivity contribution in [1.29, 1.82) is 0 Å². The summed E-state index contributed by atoms with van der Waals surface area (Å²) in [7, 11) is 0. The fraction of sp³-hybridized carbons (Fsp3) is 0.500. The minimum atomic E-state index is -1.12. The summed E-state index contributed by atoms with van der Waals surface area (Å²) >= 11 is 0. The molecule has 2 N–H and O–H groups in total. The monoisotopic (exact) mass is 269 g/mol. The van der Waals surface area contributed by atoms with E-state index in [4.69, 9.17) is 9.84 Å². The van der Waals surface area contributed by atoms with Gasteiger partial charge in [-0.05, 0) is 25.5 Å². The second kappa shape index (κ2) is 7.09. The van der Waals surface area contributed by atoms with Gasteiger partial charge in [0.05, 0.1) is 0 Å². The first-order valence-corrected chi connectivity index (χ1v) is 6.29. The van der Waals surface area contributed by atoms with Gasteiger partial charge < -0.3 is 15.2 Å². The molecule has 0 aliphatic rings. The van der Waals surface area contributed by atoms with Crippen molar-refractivity contribution in [2.75, 3.05) is 6.54 Å². The van der Waals surface area contributed by atoms with Crippen LogP contribution in [0.4, 0.5) is 4.39 Å². The summed E-state index contributed by atoms with van der Waals surface area (Å²) in [6, 6.07) is 4.57. The van der Waals surface area contributed by atoms with Crippen molar-refractivity contribution in [2.45, 2.75) is 33.4 Å². The van der Waals surface area contributed by atoms with Crippen molar-refractivity contribution in [1.82, 2.24) is 5.32 Å². The van der Waals surface area contributed by atoms with E-state index in [9.17, 15) is 9.18 Å². The van der Waals surface area contributed by atoms with Crippen LogP contribution in [0.1, 0.15) is 26.3 Å². The summed E-state index contributed by atoms with van der Waals surface area (Å²) in [5.74, 6) is -1.18. The number of rotatable bonds is 7. The third kappa shape index (κ3) is 4.87. The van der Waals surface area contributed by atoms with Gasteiger partial charge >= 0.3 is 5.97 Å². The van der Waals surface area contributed by atoms with Gasteiger partial charge in [0.25, 0.3) is 0 Å². The summed E-state index contributed by atoms with van der Waals surface area (Å²) in [4.78, 5) is 10.8. The zero-order valence-electron chi connectivity index (χ0n) is 11.4. The maximum Gasteiger partial charge on any atom is 0.344 e. The number of para-hydroxylation sites is 1. The number of nitrogens with one attached hydrogen (secondary N) is 1. The molecule has 1 rings (SSSR count). The predicted molar refractivity (Wildman–Crippen MR) is 70.7 cm³/mol. The molecule has 0 bridgehead atoms. The third-order valence-electron chi connectivity index (χ3n) is 2.56. The molecule has 4 nitrogen and oxygen atoms in total. The molecule has 106 valence electrons. The topological polar surface area (TPSA) is 58.6 Å². The summed E-state index contributed by atoms with van der Waals surface area (Å²) < 4.78 is 18.9. The number of carboxylic acid groups (broad SMARTS) is 1. The molecular weight excluding hydrogens is 249 g/mol. The first-order valence-electron chi connectivity index (χ1n) is 6.29. The number of benzene rings is 1. The Kier molecular flexibility index (Phi) is 5.76. The quantitative estimate of drug-likeness (QED) is 0.798. The second-order valence-corrected chi connectivity index (χ2v) is 4.85. The Morgan fingerprint density at radius 2 is 2.11 bits per heavy atom. The lowest BCUT2D eigenvalue weighted by atomic mass is 10.1. The Morgan fingerprint density at radius 1 is 1.42 bits per heavy atom. The van der Waals surface area contributed by atoms with E-state index in [1.165, 1.54) is 13.0 Å². The highest BCUT2D eigenvalue weighted by molar-refractivity contribution is 5.72. The van der Waals surface area contributed by atoms with Gasteiger partial charge in [-0.25, -0.2) is 9.18 Å². The highest BCUT2D eigenvalue weighted by atomic mass is 19.1. The van der Waals surface area contributed by atoms with Crippen molar-refractivity contribution in [3.8, 4) is 5.75 Å². The maximum absolute atomic E-state index is 13.7. The predicted octanol–water partition coefficient (Wildman–Crippen LogP) is 2.42. The average molecular weight is 269 g/mol. The van der Waals surface area contributed by atoms with Crippen molar-refractivity contribution >= 4 is 5.97 Å². The summed E-state index contributed by atoms with van der Waals surface area (Å²) in [6.07, 6.45) is -1.08. The summed E-state index contributed by atoms with van der Waals surface area (Å²) in [5, 5.41) is 12.0.